The Morgan fingerprint density at radius 1 is 1.31 bits per heavy atom. The molecule has 196 valence electrons. The largest absolute Gasteiger partial charge is 0.482 e. The molecule has 9 heteroatoms. The number of aliphatic hydroxyl groups is 2. The van der Waals surface area contributed by atoms with Gasteiger partial charge in [0.15, 0.2) is 0 Å². The van der Waals surface area contributed by atoms with Gasteiger partial charge in [0.1, 0.15) is 24.1 Å². The fourth-order valence-electron chi connectivity index (χ4n) is 4.28. The molecule has 0 fully saturated rings. The number of aliphatic hydroxyl groups excluding tert-OH is 2. The van der Waals surface area contributed by atoms with Crippen LogP contribution < -0.4 is 10.1 Å². The predicted octanol–water partition coefficient (Wildman–Crippen LogP) is 3.45. The highest BCUT2D eigenvalue weighted by molar-refractivity contribution is 14.1. The van der Waals surface area contributed by atoms with Gasteiger partial charge in [0.25, 0.3) is 0 Å². The van der Waals surface area contributed by atoms with E-state index in [1.54, 1.807) is 29.2 Å². The lowest BCUT2D eigenvalue weighted by atomic mass is 9.87. The number of ether oxygens (including phenoxy) is 1. The summed E-state index contributed by atoms with van der Waals surface area (Å²) in [6.07, 6.45) is 5.71. The van der Waals surface area contributed by atoms with Gasteiger partial charge in [0.05, 0.1) is 16.2 Å². The molecule has 0 aliphatic heterocycles. The van der Waals surface area contributed by atoms with Crippen molar-refractivity contribution in [2.75, 3.05) is 19.7 Å². The summed E-state index contributed by atoms with van der Waals surface area (Å²) in [5.74, 6) is 0.0443. The van der Waals surface area contributed by atoms with Crippen LogP contribution in [0.3, 0.4) is 0 Å². The Kier molecular flexibility index (Phi) is 10.9. The van der Waals surface area contributed by atoms with Gasteiger partial charge in [-0.25, -0.2) is 4.39 Å². The molecule has 36 heavy (non-hydrogen) atoms. The smallest absolute Gasteiger partial charge is 0.247 e. The van der Waals surface area contributed by atoms with Crippen LogP contribution in [0, 0.1) is 3.57 Å². The Morgan fingerprint density at radius 3 is 2.75 bits per heavy atom. The Morgan fingerprint density at radius 2 is 2.08 bits per heavy atom. The molecular formula is C27H34FIN2O5. The molecule has 2 aliphatic carbocycles. The number of carbonyl (C=O) groups is 2. The first-order valence-electron chi connectivity index (χ1n) is 12.3. The summed E-state index contributed by atoms with van der Waals surface area (Å²) in [5, 5.41) is 23.2. The number of benzene rings is 1. The van der Waals surface area contributed by atoms with Gasteiger partial charge in [-0.3, -0.25) is 9.59 Å². The van der Waals surface area contributed by atoms with Gasteiger partial charge in [-0.2, -0.15) is 0 Å². The molecule has 7 nitrogen and oxygen atoms in total. The van der Waals surface area contributed by atoms with Crippen molar-refractivity contribution < 1.29 is 28.9 Å². The Bertz CT molecular complexity index is 1010. The summed E-state index contributed by atoms with van der Waals surface area (Å²) in [6.45, 7) is 2.09. The van der Waals surface area contributed by atoms with Gasteiger partial charge >= 0.3 is 0 Å². The third kappa shape index (κ3) is 7.63. The second-order valence-corrected chi connectivity index (χ2v) is 10.1. The first kappa shape index (κ1) is 28.3. The van der Waals surface area contributed by atoms with Crippen molar-refractivity contribution in [1.29, 1.82) is 0 Å². The SMILES string of the molecule is CCCCC(=O)N(CC1=CCC(F)C=C1)[C@@H]1CC(C(=O)NCCO)=C[C@H](Oc2ccccc2I)[C@H]1O. The van der Waals surface area contributed by atoms with Gasteiger partial charge < -0.3 is 25.2 Å². The maximum Gasteiger partial charge on any atom is 0.247 e. The van der Waals surface area contributed by atoms with Crippen LogP contribution >= 0.6 is 22.6 Å². The predicted molar refractivity (Wildman–Crippen MR) is 144 cm³/mol. The fourth-order valence-corrected chi connectivity index (χ4v) is 4.80. The lowest BCUT2D eigenvalue weighted by Crippen LogP contribution is -2.55. The molecule has 0 saturated heterocycles. The molecule has 1 aromatic carbocycles. The van der Waals surface area contributed by atoms with Crippen molar-refractivity contribution in [2.24, 2.45) is 0 Å². The van der Waals surface area contributed by atoms with Gasteiger partial charge in [-0.15, -0.1) is 0 Å². The summed E-state index contributed by atoms with van der Waals surface area (Å²) in [7, 11) is 0. The maximum atomic E-state index is 13.6. The molecule has 0 aromatic heterocycles. The van der Waals surface area contributed by atoms with E-state index in [-0.39, 0.29) is 44.4 Å². The van der Waals surface area contributed by atoms with Crippen molar-refractivity contribution in [3.05, 3.63) is 63.3 Å². The van der Waals surface area contributed by atoms with Gasteiger partial charge in [0, 0.05) is 37.9 Å². The number of carbonyl (C=O) groups excluding carboxylic acids is 2. The number of amides is 2. The summed E-state index contributed by atoms with van der Waals surface area (Å²) < 4.78 is 20.6. The number of halogens is 2. The first-order chi connectivity index (χ1) is 17.3. The van der Waals surface area contributed by atoms with Crippen LogP contribution in [0.15, 0.2) is 59.7 Å². The van der Waals surface area contributed by atoms with E-state index in [9.17, 15) is 19.1 Å². The maximum absolute atomic E-state index is 13.6. The molecule has 1 unspecified atom stereocenters. The van der Waals surface area contributed by atoms with E-state index in [0.29, 0.717) is 24.2 Å². The second kappa shape index (κ2) is 13.9. The summed E-state index contributed by atoms with van der Waals surface area (Å²) in [5.41, 5.74) is 1.16. The molecule has 1 aromatic rings. The van der Waals surface area contributed by atoms with Crippen LogP contribution in [-0.4, -0.2) is 71.0 Å². The molecule has 0 radical (unpaired) electrons. The molecule has 0 heterocycles. The van der Waals surface area contributed by atoms with E-state index in [4.69, 9.17) is 9.84 Å². The van der Waals surface area contributed by atoms with Crippen LogP contribution in [0.2, 0.25) is 0 Å². The average Bonchev–Trinajstić information content (AvgIpc) is 2.88. The van der Waals surface area contributed by atoms with Gasteiger partial charge in [-0.05, 0) is 52.8 Å². The molecule has 0 spiro atoms. The molecule has 0 saturated carbocycles. The molecule has 4 atom stereocenters. The van der Waals surface area contributed by atoms with Gasteiger partial charge in [-0.1, -0.05) is 43.7 Å². The lowest BCUT2D eigenvalue weighted by molar-refractivity contribution is -0.138. The Balaban J connectivity index is 1.93. The van der Waals surface area contributed by atoms with Crippen LogP contribution in [-0.2, 0) is 9.59 Å². The number of nitrogens with one attached hydrogen (secondary N) is 1. The third-order valence-corrected chi connectivity index (χ3v) is 7.15. The minimum Gasteiger partial charge on any atom is -0.482 e. The van der Waals surface area contributed by atoms with Crippen LogP contribution in [0.4, 0.5) is 4.39 Å². The molecule has 3 N–H and O–H groups in total. The van der Waals surface area contributed by atoms with Crippen LogP contribution in [0.5, 0.6) is 5.75 Å². The quantitative estimate of drug-likeness (QED) is 0.333. The van der Waals surface area contributed by atoms with E-state index in [2.05, 4.69) is 27.9 Å². The number of alkyl halides is 1. The summed E-state index contributed by atoms with van der Waals surface area (Å²) >= 11 is 2.14. The number of allylic oxidation sites excluding steroid dienone is 2. The topological polar surface area (TPSA) is 99.1 Å². The van der Waals surface area contributed by atoms with E-state index in [1.807, 2.05) is 25.1 Å². The molecule has 0 bridgehead atoms. The monoisotopic (exact) mass is 612 g/mol. The van der Waals surface area contributed by atoms with Gasteiger partial charge in [0.2, 0.25) is 11.8 Å². The number of hydrogen-bond acceptors (Lipinski definition) is 5. The van der Waals surface area contributed by atoms with Crippen molar-refractivity contribution in [3.63, 3.8) is 0 Å². The zero-order valence-electron chi connectivity index (χ0n) is 20.4. The van der Waals surface area contributed by atoms with Crippen molar-refractivity contribution >= 4 is 34.4 Å². The van der Waals surface area contributed by atoms with Crippen molar-refractivity contribution in [2.45, 2.75) is 63.4 Å². The number of para-hydroxylation sites is 1. The normalized spacial score (nSPS) is 23.5. The minimum atomic E-state index is -1.09. The lowest BCUT2D eigenvalue weighted by Gasteiger charge is -2.41. The number of nitrogens with zero attached hydrogens (tertiary/aromatic N) is 1. The van der Waals surface area contributed by atoms with Crippen molar-refractivity contribution in [1.82, 2.24) is 10.2 Å². The second-order valence-electron chi connectivity index (χ2n) is 8.96. The molecule has 2 amide bonds. The van der Waals surface area contributed by atoms with Crippen molar-refractivity contribution in [3.8, 4) is 5.75 Å². The van der Waals surface area contributed by atoms with Crippen LogP contribution in [0.25, 0.3) is 0 Å². The minimum absolute atomic E-state index is 0.0900. The molecular weight excluding hydrogens is 578 g/mol. The standard InChI is InChI=1S/C27H34FIN2O5/c1-2-3-8-25(33)31(17-18-9-11-20(28)12-10-18)22-15-19(27(35)30-13-14-32)16-24(26(22)34)36-23-7-5-4-6-21(23)29/h4-7,9-11,16,20,22,24,26,32,34H,2-3,8,12-15,17H2,1H3,(H,30,35)/t20?,22-,24+,26+/m1/s1. The third-order valence-electron chi connectivity index (χ3n) is 6.26. The highest BCUT2D eigenvalue weighted by Gasteiger charge is 2.40. The number of unbranched alkanes of at least 4 members (excludes halogenated alkanes) is 1. The summed E-state index contributed by atoms with van der Waals surface area (Å²) in [4.78, 5) is 27.8. The zero-order valence-corrected chi connectivity index (χ0v) is 22.6. The number of hydrogen-bond donors (Lipinski definition) is 3. The Hall–Kier alpha value is -2.24. The van der Waals surface area contributed by atoms with E-state index < -0.39 is 24.4 Å². The molecule has 2 aliphatic rings. The van der Waals surface area contributed by atoms with E-state index >= 15 is 0 Å². The highest BCUT2D eigenvalue weighted by Crippen LogP contribution is 2.31. The Labute approximate surface area is 225 Å². The molecule has 3 rings (SSSR count). The van der Waals surface area contributed by atoms with E-state index in [1.165, 1.54) is 6.08 Å². The highest BCUT2D eigenvalue weighted by atomic mass is 127. The summed E-state index contributed by atoms with van der Waals surface area (Å²) in [6, 6.07) is 6.63. The zero-order chi connectivity index (χ0) is 26.1. The van der Waals surface area contributed by atoms with Crippen LogP contribution in [0.1, 0.15) is 39.0 Å². The fraction of sp³-hybridized carbons (Fsp3) is 0.481. The first-order valence-corrected chi connectivity index (χ1v) is 13.4. The average molecular weight is 612 g/mol. The van der Waals surface area contributed by atoms with E-state index in [0.717, 1.165) is 15.6 Å². The number of rotatable bonds is 11.